The van der Waals surface area contributed by atoms with Gasteiger partial charge in [0.2, 0.25) is 15.3 Å². The van der Waals surface area contributed by atoms with E-state index in [1.54, 1.807) is 0 Å². The molecule has 8 heteroatoms. The molecule has 0 bridgehead atoms. The summed E-state index contributed by atoms with van der Waals surface area (Å²) in [6.45, 7) is 0. The predicted octanol–water partition coefficient (Wildman–Crippen LogP) is 3.54. The van der Waals surface area contributed by atoms with Crippen LogP contribution in [0, 0.1) is 0 Å². The Balaban J connectivity index is 2.34. The molecular formula is C13H9F4NO2S. The third-order valence-corrected chi connectivity index (χ3v) is 4.34. The van der Waals surface area contributed by atoms with E-state index in [1.165, 1.54) is 18.3 Å². The van der Waals surface area contributed by atoms with Crippen LogP contribution in [0.25, 0.3) is 0 Å². The molecule has 0 spiro atoms. The number of nitrogens with zero attached hydrogens (tertiary/aromatic N) is 1. The number of rotatable bonds is 3. The lowest BCUT2D eigenvalue weighted by molar-refractivity contribution is -0.137. The standard InChI is InChI=1S/C13H9F4NO2S/c14-12(21(19,20)11-3-1-2-8-18-11)9-4-6-10(7-5-9)13(15,16)17/h1-8,12H. The van der Waals surface area contributed by atoms with Crippen LogP contribution in [0.4, 0.5) is 17.6 Å². The van der Waals surface area contributed by atoms with Crippen LogP contribution in [0.3, 0.4) is 0 Å². The molecule has 0 aliphatic heterocycles. The molecule has 1 aromatic heterocycles. The molecule has 0 fully saturated rings. The fraction of sp³-hybridized carbons (Fsp3) is 0.154. The van der Waals surface area contributed by atoms with Gasteiger partial charge < -0.3 is 0 Å². The van der Waals surface area contributed by atoms with Crippen LogP contribution in [0.2, 0.25) is 0 Å². The molecule has 1 heterocycles. The van der Waals surface area contributed by atoms with Gasteiger partial charge in [0.1, 0.15) is 0 Å². The number of sulfone groups is 1. The van der Waals surface area contributed by atoms with Crippen LogP contribution < -0.4 is 0 Å². The van der Waals surface area contributed by atoms with Crippen molar-refractivity contribution in [2.45, 2.75) is 16.7 Å². The van der Waals surface area contributed by atoms with Crippen molar-refractivity contribution in [1.29, 1.82) is 0 Å². The largest absolute Gasteiger partial charge is 0.416 e. The summed E-state index contributed by atoms with van der Waals surface area (Å²) in [7, 11) is -4.40. The molecule has 0 saturated heterocycles. The Morgan fingerprint density at radius 3 is 2.10 bits per heavy atom. The Kier molecular flexibility index (Phi) is 3.99. The van der Waals surface area contributed by atoms with Gasteiger partial charge in [-0.15, -0.1) is 0 Å². The summed E-state index contributed by atoms with van der Waals surface area (Å²) in [5, 5.41) is -0.475. The van der Waals surface area contributed by atoms with E-state index in [0.717, 1.165) is 18.2 Å². The van der Waals surface area contributed by atoms with Crippen LogP contribution in [-0.2, 0) is 16.0 Å². The number of aromatic nitrogens is 1. The Bertz CT molecular complexity index is 712. The first kappa shape index (κ1) is 15.4. The molecule has 0 amide bonds. The van der Waals surface area contributed by atoms with Gasteiger partial charge in [-0.05, 0) is 24.3 Å². The molecule has 2 aromatic rings. The van der Waals surface area contributed by atoms with Crippen molar-refractivity contribution in [3.05, 3.63) is 59.8 Å². The van der Waals surface area contributed by atoms with Crippen LogP contribution in [-0.4, -0.2) is 13.4 Å². The van der Waals surface area contributed by atoms with Gasteiger partial charge in [0.25, 0.3) is 0 Å². The molecule has 3 nitrogen and oxygen atoms in total. The number of pyridine rings is 1. The second kappa shape index (κ2) is 5.44. The van der Waals surface area contributed by atoms with E-state index >= 15 is 0 Å². The smallest absolute Gasteiger partial charge is 0.245 e. The maximum absolute atomic E-state index is 14.1. The third kappa shape index (κ3) is 3.21. The van der Waals surface area contributed by atoms with Crippen molar-refractivity contribution < 1.29 is 26.0 Å². The zero-order valence-corrected chi connectivity index (χ0v) is 11.2. The molecule has 112 valence electrons. The normalized spacial score (nSPS) is 13.9. The van der Waals surface area contributed by atoms with Crippen molar-refractivity contribution in [1.82, 2.24) is 4.98 Å². The highest BCUT2D eigenvalue weighted by molar-refractivity contribution is 7.91. The summed E-state index contributed by atoms with van der Waals surface area (Å²) in [6, 6.07) is 6.82. The van der Waals surface area contributed by atoms with E-state index in [4.69, 9.17) is 0 Å². The van der Waals surface area contributed by atoms with Crippen LogP contribution >= 0.6 is 0 Å². The van der Waals surface area contributed by atoms with E-state index in [9.17, 15) is 26.0 Å². The van der Waals surface area contributed by atoms with Gasteiger partial charge in [0.05, 0.1) is 5.56 Å². The SMILES string of the molecule is O=S(=O)(c1ccccn1)C(F)c1ccc(C(F)(F)F)cc1. The van der Waals surface area contributed by atoms with E-state index < -0.39 is 32.1 Å². The maximum atomic E-state index is 14.1. The first-order valence-corrected chi connectivity index (χ1v) is 7.24. The fourth-order valence-corrected chi connectivity index (χ4v) is 2.83. The molecule has 0 radical (unpaired) electrons. The van der Waals surface area contributed by atoms with Crippen LogP contribution in [0.5, 0.6) is 0 Å². The molecule has 0 aliphatic carbocycles. The Morgan fingerprint density at radius 1 is 1.00 bits per heavy atom. The summed E-state index contributed by atoms with van der Waals surface area (Å²) in [5.41, 5.74) is -3.84. The van der Waals surface area contributed by atoms with Crippen molar-refractivity contribution in [3.63, 3.8) is 0 Å². The zero-order valence-electron chi connectivity index (χ0n) is 10.4. The fourth-order valence-electron chi connectivity index (χ4n) is 1.62. The van der Waals surface area contributed by atoms with E-state index in [0.29, 0.717) is 12.1 Å². The zero-order chi connectivity index (χ0) is 15.7. The summed E-state index contributed by atoms with van der Waals surface area (Å²) >= 11 is 0. The quantitative estimate of drug-likeness (QED) is 0.813. The van der Waals surface area contributed by atoms with Gasteiger partial charge in [-0.3, -0.25) is 0 Å². The molecule has 2 rings (SSSR count). The number of halogens is 4. The van der Waals surface area contributed by atoms with Gasteiger partial charge in [0.15, 0.2) is 5.03 Å². The molecule has 0 saturated carbocycles. The molecular weight excluding hydrogens is 310 g/mol. The molecule has 1 unspecified atom stereocenters. The minimum absolute atomic E-state index is 0.381. The van der Waals surface area contributed by atoms with Gasteiger partial charge in [-0.1, -0.05) is 18.2 Å². The van der Waals surface area contributed by atoms with E-state index in [1.807, 2.05) is 0 Å². The van der Waals surface area contributed by atoms with Gasteiger partial charge in [-0.25, -0.2) is 17.8 Å². The summed E-state index contributed by atoms with van der Waals surface area (Å²) in [6.07, 6.45) is -3.38. The number of alkyl halides is 4. The molecule has 1 aromatic carbocycles. The average Bonchev–Trinajstić information content (AvgIpc) is 2.46. The highest BCUT2D eigenvalue weighted by Gasteiger charge is 2.33. The third-order valence-electron chi connectivity index (χ3n) is 2.70. The average molecular weight is 319 g/mol. The van der Waals surface area contributed by atoms with Crippen molar-refractivity contribution >= 4 is 9.84 Å². The van der Waals surface area contributed by atoms with Crippen LogP contribution in [0.1, 0.15) is 16.6 Å². The Labute approximate surface area is 118 Å². The predicted molar refractivity (Wildman–Crippen MR) is 66.7 cm³/mol. The van der Waals surface area contributed by atoms with Gasteiger partial charge in [0, 0.05) is 11.8 Å². The summed E-state index contributed by atoms with van der Waals surface area (Å²) in [4.78, 5) is 3.55. The second-order valence-corrected chi connectivity index (χ2v) is 6.07. The van der Waals surface area contributed by atoms with Gasteiger partial charge in [-0.2, -0.15) is 13.2 Å². The Hall–Kier alpha value is -1.96. The molecule has 0 aliphatic rings. The van der Waals surface area contributed by atoms with E-state index in [-0.39, 0.29) is 5.56 Å². The van der Waals surface area contributed by atoms with Crippen LogP contribution in [0.15, 0.2) is 53.7 Å². The summed E-state index contributed by atoms with van der Waals surface area (Å²) < 4.78 is 75.2. The monoisotopic (exact) mass is 319 g/mol. The van der Waals surface area contributed by atoms with Crippen molar-refractivity contribution in [2.24, 2.45) is 0 Å². The molecule has 21 heavy (non-hydrogen) atoms. The maximum Gasteiger partial charge on any atom is 0.416 e. The second-order valence-electron chi connectivity index (χ2n) is 4.15. The topological polar surface area (TPSA) is 47.0 Å². The van der Waals surface area contributed by atoms with E-state index in [2.05, 4.69) is 4.98 Å². The first-order chi connectivity index (χ1) is 9.73. The lowest BCUT2D eigenvalue weighted by Crippen LogP contribution is -2.12. The molecule has 0 N–H and O–H groups in total. The Morgan fingerprint density at radius 2 is 1.62 bits per heavy atom. The van der Waals surface area contributed by atoms with Gasteiger partial charge >= 0.3 is 6.18 Å². The number of hydrogen-bond donors (Lipinski definition) is 0. The highest BCUT2D eigenvalue weighted by Crippen LogP contribution is 2.33. The van der Waals surface area contributed by atoms with Crippen molar-refractivity contribution in [2.75, 3.05) is 0 Å². The molecule has 1 atom stereocenters. The number of benzene rings is 1. The first-order valence-electron chi connectivity index (χ1n) is 5.69. The summed E-state index contributed by atoms with van der Waals surface area (Å²) in [5.74, 6) is 0. The lowest BCUT2D eigenvalue weighted by Gasteiger charge is -2.11. The highest BCUT2D eigenvalue weighted by atomic mass is 32.2. The van der Waals surface area contributed by atoms with Crippen molar-refractivity contribution in [3.8, 4) is 0 Å². The number of hydrogen-bond acceptors (Lipinski definition) is 3. The minimum atomic E-state index is -4.57. The minimum Gasteiger partial charge on any atom is -0.245 e. The lowest BCUT2D eigenvalue weighted by atomic mass is 10.1.